The Morgan fingerprint density at radius 2 is 1.58 bits per heavy atom. The number of hydrogen-bond acceptors (Lipinski definition) is 3. The van der Waals surface area contributed by atoms with Gasteiger partial charge in [0.2, 0.25) is 0 Å². The first-order valence-corrected chi connectivity index (χ1v) is 11.6. The van der Waals surface area contributed by atoms with E-state index in [2.05, 4.69) is 19.2 Å². The lowest BCUT2D eigenvalue weighted by Gasteiger charge is -2.22. The first-order chi connectivity index (χ1) is 14.6. The predicted molar refractivity (Wildman–Crippen MR) is 126 cm³/mol. The van der Waals surface area contributed by atoms with Gasteiger partial charge in [0.15, 0.2) is 0 Å². The molecule has 0 atom stereocenters. The summed E-state index contributed by atoms with van der Waals surface area (Å²) in [5.41, 5.74) is 4.46. The van der Waals surface area contributed by atoms with Crippen molar-refractivity contribution in [3.8, 4) is 0 Å². The van der Waals surface area contributed by atoms with Gasteiger partial charge in [0.05, 0.1) is 10.6 Å². The Bertz CT molecular complexity index is 1200. The van der Waals surface area contributed by atoms with Crippen molar-refractivity contribution < 1.29 is 13.2 Å². The summed E-state index contributed by atoms with van der Waals surface area (Å²) in [6.45, 7) is 7.95. The van der Waals surface area contributed by atoms with E-state index in [-0.39, 0.29) is 16.7 Å². The summed E-state index contributed by atoms with van der Waals surface area (Å²) in [5, 5.41) is 3.03. The number of para-hydroxylation sites is 1. The lowest BCUT2D eigenvalue weighted by molar-refractivity contribution is 0.102. The summed E-state index contributed by atoms with van der Waals surface area (Å²) >= 11 is 0. The molecule has 0 saturated carbocycles. The zero-order valence-corrected chi connectivity index (χ0v) is 19.3. The monoisotopic (exact) mass is 436 g/mol. The minimum absolute atomic E-state index is 0.202. The van der Waals surface area contributed by atoms with Crippen molar-refractivity contribution in [2.75, 3.05) is 16.7 Å². The average molecular weight is 437 g/mol. The molecule has 0 aliphatic rings. The van der Waals surface area contributed by atoms with Crippen LogP contribution in [0.5, 0.6) is 0 Å². The number of rotatable bonds is 6. The molecule has 0 spiro atoms. The first-order valence-electron chi connectivity index (χ1n) is 10.2. The topological polar surface area (TPSA) is 66.5 Å². The van der Waals surface area contributed by atoms with Gasteiger partial charge < -0.3 is 5.32 Å². The normalized spacial score (nSPS) is 11.4. The second-order valence-electron chi connectivity index (χ2n) is 7.93. The van der Waals surface area contributed by atoms with Crippen molar-refractivity contribution in [1.82, 2.24) is 0 Å². The standard InChI is InChI=1S/C25H28N2O3S/c1-17(2)22-13-9-10-19(4)24(22)26-25(28)20-15-14-18(3)23(16-20)27(5)31(29,30)21-11-7-6-8-12-21/h6-17H,1-5H3,(H,26,28). The Morgan fingerprint density at radius 1 is 0.903 bits per heavy atom. The molecule has 0 saturated heterocycles. The quantitative estimate of drug-likeness (QED) is 0.554. The van der Waals surface area contributed by atoms with Gasteiger partial charge in [0, 0.05) is 18.3 Å². The van der Waals surface area contributed by atoms with E-state index < -0.39 is 10.0 Å². The van der Waals surface area contributed by atoms with Gasteiger partial charge in [-0.05, 0) is 60.7 Å². The Morgan fingerprint density at radius 3 is 2.23 bits per heavy atom. The fraction of sp³-hybridized carbons (Fsp3) is 0.240. The first kappa shape index (κ1) is 22.6. The molecule has 3 aromatic rings. The highest BCUT2D eigenvalue weighted by Crippen LogP contribution is 2.30. The highest BCUT2D eigenvalue weighted by atomic mass is 32.2. The lowest BCUT2D eigenvalue weighted by Crippen LogP contribution is -2.27. The predicted octanol–water partition coefficient (Wildman–Crippen LogP) is 5.50. The molecule has 0 radical (unpaired) electrons. The molecule has 3 rings (SSSR count). The van der Waals surface area contributed by atoms with Crippen LogP contribution < -0.4 is 9.62 Å². The van der Waals surface area contributed by atoms with Gasteiger partial charge in [-0.3, -0.25) is 9.10 Å². The summed E-state index contributed by atoms with van der Waals surface area (Å²) in [6, 6.07) is 19.3. The summed E-state index contributed by atoms with van der Waals surface area (Å²) in [4.78, 5) is 13.3. The minimum Gasteiger partial charge on any atom is -0.321 e. The van der Waals surface area contributed by atoms with Crippen molar-refractivity contribution in [1.29, 1.82) is 0 Å². The zero-order valence-electron chi connectivity index (χ0n) is 18.5. The van der Waals surface area contributed by atoms with Gasteiger partial charge >= 0.3 is 0 Å². The Kier molecular flexibility index (Phi) is 6.51. The molecule has 0 unspecified atom stereocenters. The van der Waals surface area contributed by atoms with E-state index in [1.165, 1.54) is 11.4 Å². The molecule has 31 heavy (non-hydrogen) atoms. The van der Waals surface area contributed by atoms with Gasteiger partial charge in [0.1, 0.15) is 0 Å². The fourth-order valence-corrected chi connectivity index (χ4v) is 4.77. The van der Waals surface area contributed by atoms with Crippen LogP contribution in [0.3, 0.4) is 0 Å². The van der Waals surface area contributed by atoms with E-state index in [9.17, 15) is 13.2 Å². The van der Waals surface area contributed by atoms with Crippen LogP contribution in [0.1, 0.15) is 46.8 Å². The highest BCUT2D eigenvalue weighted by molar-refractivity contribution is 7.92. The number of anilines is 2. The number of nitrogens with zero attached hydrogens (tertiary/aromatic N) is 1. The van der Waals surface area contributed by atoms with E-state index in [4.69, 9.17) is 0 Å². The van der Waals surface area contributed by atoms with Crippen LogP contribution in [-0.4, -0.2) is 21.4 Å². The van der Waals surface area contributed by atoms with Crippen LogP contribution in [0.25, 0.3) is 0 Å². The van der Waals surface area contributed by atoms with E-state index >= 15 is 0 Å². The fourth-order valence-electron chi connectivity index (χ4n) is 3.50. The molecule has 0 bridgehead atoms. The molecular weight excluding hydrogens is 408 g/mol. The molecule has 1 amide bonds. The number of aryl methyl sites for hydroxylation is 2. The number of hydrogen-bond donors (Lipinski definition) is 1. The maximum Gasteiger partial charge on any atom is 0.264 e. The van der Waals surface area contributed by atoms with Crippen molar-refractivity contribution in [2.45, 2.75) is 38.5 Å². The van der Waals surface area contributed by atoms with Crippen LogP contribution in [-0.2, 0) is 10.0 Å². The van der Waals surface area contributed by atoms with Crippen molar-refractivity contribution in [3.63, 3.8) is 0 Å². The summed E-state index contributed by atoms with van der Waals surface area (Å²) in [6.07, 6.45) is 0. The Balaban J connectivity index is 1.96. The van der Waals surface area contributed by atoms with Crippen LogP contribution >= 0.6 is 0 Å². The molecule has 162 valence electrons. The van der Waals surface area contributed by atoms with Gasteiger partial charge in [0.25, 0.3) is 15.9 Å². The maximum atomic E-state index is 13.1. The van der Waals surface area contributed by atoms with E-state index in [1.807, 2.05) is 32.0 Å². The van der Waals surface area contributed by atoms with Crippen molar-refractivity contribution >= 4 is 27.3 Å². The Hall–Kier alpha value is -3.12. The molecule has 0 heterocycles. The molecule has 0 aromatic heterocycles. The van der Waals surface area contributed by atoms with Crippen molar-refractivity contribution in [3.05, 3.63) is 89.0 Å². The van der Waals surface area contributed by atoms with Gasteiger partial charge in [-0.25, -0.2) is 8.42 Å². The highest BCUT2D eigenvalue weighted by Gasteiger charge is 2.23. The number of sulfonamides is 1. The van der Waals surface area contributed by atoms with E-state index in [0.29, 0.717) is 11.3 Å². The minimum atomic E-state index is -3.74. The number of carbonyl (C=O) groups is 1. The third-order valence-electron chi connectivity index (χ3n) is 5.38. The molecule has 5 nitrogen and oxygen atoms in total. The van der Waals surface area contributed by atoms with Crippen LogP contribution in [0, 0.1) is 13.8 Å². The molecule has 0 aliphatic heterocycles. The Labute approximate surface area is 184 Å². The number of nitrogens with one attached hydrogen (secondary N) is 1. The summed E-state index contributed by atoms with van der Waals surface area (Å²) < 4.78 is 27.3. The van der Waals surface area contributed by atoms with Gasteiger partial charge in [-0.1, -0.05) is 56.3 Å². The largest absolute Gasteiger partial charge is 0.321 e. The van der Waals surface area contributed by atoms with Crippen LogP contribution in [0.2, 0.25) is 0 Å². The van der Waals surface area contributed by atoms with E-state index in [1.54, 1.807) is 48.5 Å². The molecule has 3 aromatic carbocycles. The SMILES string of the molecule is Cc1ccc(C(=O)Nc2c(C)cccc2C(C)C)cc1N(C)S(=O)(=O)c1ccccc1. The second-order valence-corrected chi connectivity index (χ2v) is 9.90. The number of carbonyl (C=O) groups excluding carboxylic acids is 1. The van der Waals surface area contributed by atoms with Gasteiger partial charge in [-0.15, -0.1) is 0 Å². The summed E-state index contributed by atoms with van der Waals surface area (Å²) in [7, 11) is -2.23. The molecule has 1 N–H and O–H groups in total. The van der Waals surface area contributed by atoms with E-state index in [0.717, 1.165) is 22.4 Å². The molecule has 0 fully saturated rings. The molecular formula is C25H28N2O3S. The van der Waals surface area contributed by atoms with Crippen molar-refractivity contribution in [2.24, 2.45) is 0 Å². The number of benzene rings is 3. The maximum absolute atomic E-state index is 13.1. The zero-order chi connectivity index (χ0) is 22.8. The third-order valence-corrected chi connectivity index (χ3v) is 7.16. The molecule has 0 aliphatic carbocycles. The lowest BCUT2D eigenvalue weighted by atomic mass is 9.98. The van der Waals surface area contributed by atoms with Crippen LogP contribution in [0.15, 0.2) is 71.6 Å². The van der Waals surface area contributed by atoms with Gasteiger partial charge in [-0.2, -0.15) is 0 Å². The number of amides is 1. The third kappa shape index (κ3) is 4.64. The second kappa shape index (κ2) is 8.94. The summed E-state index contributed by atoms with van der Waals surface area (Å²) in [5.74, 6) is -0.0195. The molecule has 6 heteroatoms. The van der Waals surface area contributed by atoms with Crippen LogP contribution in [0.4, 0.5) is 11.4 Å². The smallest absolute Gasteiger partial charge is 0.264 e. The average Bonchev–Trinajstić information content (AvgIpc) is 2.75.